The van der Waals surface area contributed by atoms with Crippen LogP contribution in [0.3, 0.4) is 0 Å². The average Bonchev–Trinajstić information content (AvgIpc) is 3.10. The minimum atomic E-state index is -0.820. The number of nitrogens with two attached hydrogens (primary N) is 1. The SMILES string of the molecule is CCCCc1nc2c(N)nc3ccc(OCCC4CCN(C(=O)O)CC4)cc3c2n1C. The zero-order valence-corrected chi connectivity index (χ0v) is 18.3. The van der Waals surface area contributed by atoms with Crippen molar-refractivity contribution in [1.82, 2.24) is 19.4 Å². The van der Waals surface area contributed by atoms with Gasteiger partial charge in [-0.15, -0.1) is 0 Å². The van der Waals surface area contributed by atoms with Gasteiger partial charge in [-0.25, -0.2) is 14.8 Å². The molecule has 0 atom stereocenters. The number of nitrogen functional groups attached to an aromatic ring is 1. The van der Waals surface area contributed by atoms with E-state index in [9.17, 15) is 4.79 Å². The number of anilines is 1. The van der Waals surface area contributed by atoms with Crippen molar-refractivity contribution in [3.8, 4) is 5.75 Å². The summed E-state index contributed by atoms with van der Waals surface area (Å²) in [6.45, 7) is 4.01. The Labute approximate surface area is 182 Å². The maximum Gasteiger partial charge on any atom is 0.407 e. The molecule has 3 aromatic rings. The second kappa shape index (κ2) is 8.99. The zero-order valence-electron chi connectivity index (χ0n) is 18.3. The Hall–Kier alpha value is -3.03. The molecule has 0 aliphatic carbocycles. The molecular weight excluding hydrogens is 394 g/mol. The second-order valence-electron chi connectivity index (χ2n) is 8.41. The summed E-state index contributed by atoms with van der Waals surface area (Å²) in [5.41, 5.74) is 8.79. The molecule has 3 N–H and O–H groups in total. The number of amides is 1. The molecular formula is C23H31N5O3. The first-order valence-corrected chi connectivity index (χ1v) is 11.1. The van der Waals surface area contributed by atoms with Gasteiger partial charge < -0.3 is 25.0 Å². The number of aromatic nitrogens is 3. The third kappa shape index (κ3) is 4.38. The molecule has 1 fully saturated rings. The van der Waals surface area contributed by atoms with E-state index in [1.165, 1.54) is 4.90 Å². The number of likely N-dealkylation sites (tertiary alicyclic amines) is 1. The minimum absolute atomic E-state index is 0.460. The fourth-order valence-electron chi connectivity index (χ4n) is 4.42. The minimum Gasteiger partial charge on any atom is -0.494 e. The van der Waals surface area contributed by atoms with Crippen molar-refractivity contribution in [1.29, 1.82) is 0 Å². The van der Waals surface area contributed by atoms with E-state index in [0.29, 0.717) is 31.4 Å². The molecule has 1 aromatic carbocycles. The van der Waals surface area contributed by atoms with Crippen LogP contribution < -0.4 is 10.5 Å². The maximum absolute atomic E-state index is 11.0. The van der Waals surface area contributed by atoms with E-state index in [4.69, 9.17) is 20.6 Å². The Morgan fingerprint density at radius 3 is 2.77 bits per heavy atom. The Balaban J connectivity index is 1.49. The number of carbonyl (C=O) groups is 1. The van der Waals surface area contributed by atoms with Crippen molar-refractivity contribution in [3.63, 3.8) is 0 Å². The number of nitrogens with zero attached hydrogens (tertiary/aromatic N) is 4. The van der Waals surface area contributed by atoms with Crippen LogP contribution in [0.4, 0.5) is 10.6 Å². The Morgan fingerprint density at radius 2 is 2.06 bits per heavy atom. The summed E-state index contributed by atoms with van der Waals surface area (Å²) in [5, 5.41) is 10.1. The first-order valence-electron chi connectivity index (χ1n) is 11.1. The summed E-state index contributed by atoms with van der Waals surface area (Å²) in [4.78, 5) is 21.8. The highest BCUT2D eigenvalue weighted by molar-refractivity contribution is 6.07. The first-order chi connectivity index (χ1) is 15.0. The first kappa shape index (κ1) is 21.2. The Morgan fingerprint density at radius 1 is 1.29 bits per heavy atom. The Bertz CT molecular complexity index is 1090. The number of hydrogen-bond acceptors (Lipinski definition) is 5. The fraction of sp³-hybridized carbons (Fsp3) is 0.522. The molecule has 1 saturated heterocycles. The highest BCUT2D eigenvalue weighted by atomic mass is 16.5. The van der Waals surface area contributed by atoms with Crippen molar-refractivity contribution >= 4 is 33.8 Å². The number of pyridine rings is 1. The van der Waals surface area contributed by atoms with Crippen LogP contribution in [0.1, 0.15) is 44.9 Å². The largest absolute Gasteiger partial charge is 0.494 e. The lowest BCUT2D eigenvalue weighted by Gasteiger charge is -2.29. The number of benzene rings is 1. The normalized spacial score (nSPS) is 15.1. The van der Waals surface area contributed by atoms with Crippen molar-refractivity contribution in [2.75, 3.05) is 25.4 Å². The highest BCUT2D eigenvalue weighted by Crippen LogP contribution is 2.31. The van der Waals surface area contributed by atoms with E-state index in [-0.39, 0.29) is 0 Å². The van der Waals surface area contributed by atoms with Gasteiger partial charge in [0, 0.05) is 31.9 Å². The number of rotatable bonds is 7. The number of ether oxygens (including phenoxy) is 1. The van der Waals surface area contributed by atoms with Crippen LogP contribution in [0.2, 0.25) is 0 Å². The average molecular weight is 426 g/mol. The van der Waals surface area contributed by atoms with Gasteiger partial charge in [0.15, 0.2) is 5.82 Å². The fourth-order valence-corrected chi connectivity index (χ4v) is 4.42. The summed E-state index contributed by atoms with van der Waals surface area (Å²) in [7, 11) is 2.04. The Kier molecular flexibility index (Phi) is 6.15. The van der Waals surface area contributed by atoms with Crippen LogP contribution >= 0.6 is 0 Å². The topological polar surface area (TPSA) is 106 Å². The van der Waals surface area contributed by atoms with Crippen molar-refractivity contribution in [2.45, 2.75) is 45.4 Å². The molecule has 1 aliphatic rings. The molecule has 1 aliphatic heterocycles. The molecule has 0 radical (unpaired) electrons. The second-order valence-corrected chi connectivity index (χ2v) is 8.41. The van der Waals surface area contributed by atoms with Crippen molar-refractivity contribution in [2.24, 2.45) is 13.0 Å². The molecule has 3 heterocycles. The molecule has 2 aromatic heterocycles. The molecule has 31 heavy (non-hydrogen) atoms. The molecule has 1 amide bonds. The van der Waals surface area contributed by atoms with Gasteiger partial charge in [-0.2, -0.15) is 0 Å². The number of fused-ring (bicyclic) bond motifs is 3. The molecule has 4 rings (SSSR count). The van der Waals surface area contributed by atoms with Crippen LogP contribution in [0.5, 0.6) is 5.75 Å². The third-order valence-corrected chi connectivity index (χ3v) is 6.33. The molecule has 0 bridgehead atoms. The number of imidazole rings is 1. The van der Waals surface area contributed by atoms with Crippen LogP contribution in [-0.4, -0.2) is 50.3 Å². The van der Waals surface area contributed by atoms with Crippen molar-refractivity contribution in [3.05, 3.63) is 24.0 Å². The lowest BCUT2D eigenvalue weighted by Crippen LogP contribution is -2.37. The lowest BCUT2D eigenvalue weighted by molar-refractivity contribution is 0.119. The van der Waals surface area contributed by atoms with E-state index < -0.39 is 6.09 Å². The lowest BCUT2D eigenvalue weighted by atomic mass is 9.94. The summed E-state index contributed by atoms with van der Waals surface area (Å²) < 4.78 is 8.19. The quantitative estimate of drug-likeness (QED) is 0.587. The standard InChI is InChI=1S/C23H31N5O3/c1-3-4-5-19-26-20-21(27(19)2)17-14-16(6-7-18(17)25-22(20)24)31-13-10-15-8-11-28(12-9-15)23(29)30/h6-7,14-15H,3-5,8-13H2,1-2H3,(H2,24,25)(H,29,30). The number of aryl methyl sites for hydroxylation is 2. The molecule has 8 nitrogen and oxygen atoms in total. The molecule has 0 spiro atoms. The van der Waals surface area contributed by atoms with Crippen LogP contribution in [0, 0.1) is 5.92 Å². The van der Waals surface area contributed by atoms with Crippen LogP contribution in [-0.2, 0) is 13.5 Å². The predicted octanol–water partition coefficient (Wildman–Crippen LogP) is 4.21. The van der Waals surface area contributed by atoms with Gasteiger partial charge in [0.1, 0.15) is 17.1 Å². The molecule has 8 heteroatoms. The van der Waals surface area contributed by atoms with E-state index in [1.807, 2.05) is 25.2 Å². The zero-order chi connectivity index (χ0) is 22.0. The van der Waals surface area contributed by atoms with Gasteiger partial charge in [0.2, 0.25) is 0 Å². The maximum atomic E-state index is 11.0. The number of carboxylic acid groups (broad SMARTS) is 1. The molecule has 0 unspecified atom stereocenters. The smallest absolute Gasteiger partial charge is 0.407 e. The molecule has 166 valence electrons. The van der Waals surface area contributed by atoms with E-state index >= 15 is 0 Å². The predicted molar refractivity (Wildman–Crippen MR) is 121 cm³/mol. The van der Waals surface area contributed by atoms with E-state index in [0.717, 1.165) is 72.0 Å². The van der Waals surface area contributed by atoms with E-state index in [2.05, 4.69) is 16.5 Å². The van der Waals surface area contributed by atoms with Gasteiger partial charge in [-0.05, 0) is 49.8 Å². The van der Waals surface area contributed by atoms with Gasteiger partial charge in [-0.1, -0.05) is 13.3 Å². The van der Waals surface area contributed by atoms with Gasteiger partial charge >= 0.3 is 6.09 Å². The monoisotopic (exact) mass is 425 g/mol. The van der Waals surface area contributed by atoms with Gasteiger partial charge in [0.25, 0.3) is 0 Å². The van der Waals surface area contributed by atoms with Gasteiger partial charge in [0.05, 0.1) is 17.6 Å². The van der Waals surface area contributed by atoms with Crippen molar-refractivity contribution < 1.29 is 14.6 Å². The summed E-state index contributed by atoms with van der Waals surface area (Å²) >= 11 is 0. The van der Waals surface area contributed by atoms with Crippen LogP contribution in [0.25, 0.3) is 21.9 Å². The van der Waals surface area contributed by atoms with Crippen LogP contribution in [0.15, 0.2) is 18.2 Å². The number of unbranched alkanes of at least 4 members (excludes halogenated alkanes) is 1. The van der Waals surface area contributed by atoms with Gasteiger partial charge in [-0.3, -0.25) is 0 Å². The van der Waals surface area contributed by atoms with E-state index in [1.54, 1.807) is 0 Å². The molecule has 0 saturated carbocycles. The summed E-state index contributed by atoms with van der Waals surface area (Å²) in [6.07, 6.45) is 5.01. The summed E-state index contributed by atoms with van der Waals surface area (Å²) in [6, 6.07) is 5.91. The third-order valence-electron chi connectivity index (χ3n) is 6.33. The number of piperidine rings is 1. The number of hydrogen-bond donors (Lipinski definition) is 2. The highest BCUT2D eigenvalue weighted by Gasteiger charge is 2.22. The summed E-state index contributed by atoms with van der Waals surface area (Å²) in [5.74, 6) is 2.79.